The van der Waals surface area contributed by atoms with Crippen molar-refractivity contribution in [2.24, 2.45) is 0 Å². The molecular weight excluding hydrogens is 308 g/mol. The van der Waals surface area contributed by atoms with Crippen LogP contribution in [0.25, 0.3) is 0 Å². The molecule has 0 N–H and O–H groups in total. The zero-order valence-electron chi connectivity index (χ0n) is 11.0. The van der Waals surface area contributed by atoms with Gasteiger partial charge in [0.15, 0.2) is 0 Å². The number of hydrogen-bond donors (Lipinski definition) is 0. The van der Waals surface area contributed by atoms with Gasteiger partial charge in [0.25, 0.3) is 0 Å². The summed E-state index contributed by atoms with van der Waals surface area (Å²) in [5.74, 6) is 1.17. The molecule has 19 heavy (non-hydrogen) atoms. The fourth-order valence-corrected chi connectivity index (χ4v) is 3.86. The number of aryl methyl sites for hydroxylation is 1. The lowest BCUT2D eigenvalue weighted by molar-refractivity contribution is -0.129. The minimum atomic E-state index is -0.334. The maximum Gasteiger partial charge on any atom is 0.143 e. The monoisotopic (exact) mass is 324 g/mol. The van der Waals surface area contributed by atoms with Gasteiger partial charge in [0.05, 0.1) is 17.0 Å². The number of rotatable bonds is 1. The van der Waals surface area contributed by atoms with E-state index in [1.54, 1.807) is 7.11 Å². The van der Waals surface area contributed by atoms with Gasteiger partial charge >= 0.3 is 0 Å². The minimum Gasteiger partial charge on any atom is -0.496 e. The van der Waals surface area contributed by atoms with Crippen molar-refractivity contribution >= 4 is 21.7 Å². The molecule has 0 amide bonds. The van der Waals surface area contributed by atoms with Crippen molar-refractivity contribution in [1.82, 2.24) is 0 Å². The van der Waals surface area contributed by atoms with Crippen molar-refractivity contribution in [3.63, 3.8) is 0 Å². The van der Waals surface area contributed by atoms with Crippen LogP contribution in [0.4, 0.5) is 0 Å². The number of ketones is 1. The molecular formula is C15H17BrO3. The summed E-state index contributed by atoms with van der Waals surface area (Å²) in [6, 6.07) is 4.15. The van der Waals surface area contributed by atoms with Gasteiger partial charge in [-0.15, -0.1) is 0 Å². The summed E-state index contributed by atoms with van der Waals surface area (Å²) in [7, 11) is 1.66. The molecule has 2 aliphatic rings. The van der Waals surface area contributed by atoms with Crippen LogP contribution < -0.4 is 4.74 Å². The van der Waals surface area contributed by atoms with Crippen LogP contribution in [0.15, 0.2) is 16.6 Å². The lowest BCUT2D eigenvalue weighted by atomic mass is 9.65. The lowest BCUT2D eigenvalue weighted by Gasteiger charge is -2.40. The molecule has 102 valence electrons. The van der Waals surface area contributed by atoms with E-state index in [1.807, 2.05) is 6.07 Å². The molecule has 0 saturated carbocycles. The Morgan fingerprint density at radius 3 is 2.68 bits per heavy atom. The number of Topliss-reactive ketones (excluding diaryl/α,β-unsaturated/α-hetero) is 1. The minimum absolute atomic E-state index is 0.334. The molecule has 1 aliphatic heterocycles. The Labute approximate surface area is 121 Å². The molecule has 3 rings (SSSR count). The van der Waals surface area contributed by atoms with Crippen LogP contribution in [0.1, 0.15) is 30.4 Å². The van der Waals surface area contributed by atoms with Gasteiger partial charge in [0, 0.05) is 19.6 Å². The van der Waals surface area contributed by atoms with Crippen molar-refractivity contribution in [2.75, 3.05) is 20.3 Å². The first-order valence-corrected chi connectivity index (χ1v) is 7.44. The first-order valence-electron chi connectivity index (χ1n) is 6.65. The molecule has 0 radical (unpaired) electrons. The largest absolute Gasteiger partial charge is 0.496 e. The number of halogens is 1. The molecule has 1 aromatic rings. The first-order chi connectivity index (χ1) is 9.17. The smallest absolute Gasteiger partial charge is 0.143 e. The van der Waals surface area contributed by atoms with E-state index in [9.17, 15) is 4.79 Å². The number of hydrogen-bond acceptors (Lipinski definition) is 3. The average Bonchev–Trinajstić information content (AvgIpc) is 2.44. The van der Waals surface area contributed by atoms with E-state index in [0.717, 1.165) is 35.0 Å². The standard InChI is InChI=1S/C15H17BrO3/c1-18-13-9-11-10(8-12(13)16)2-3-14(17)15(11)4-6-19-7-5-15/h8-9H,2-7H2,1H3. The lowest BCUT2D eigenvalue weighted by Crippen LogP contribution is -2.44. The highest BCUT2D eigenvalue weighted by atomic mass is 79.9. The Morgan fingerprint density at radius 1 is 1.26 bits per heavy atom. The molecule has 1 saturated heterocycles. The Kier molecular flexibility index (Phi) is 3.39. The topological polar surface area (TPSA) is 35.5 Å². The van der Waals surface area contributed by atoms with Crippen LogP contribution in [-0.2, 0) is 21.4 Å². The summed E-state index contributed by atoms with van der Waals surface area (Å²) in [4.78, 5) is 12.5. The molecule has 1 aliphatic carbocycles. The molecule has 1 fully saturated rings. The molecule has 1 spiro atoms. The molecule has 0 bridgehead atoms. The second kappa shape index (κ2) is 4.91. The fraction of sp³-hybridized carbons (Fsp3) is 0.533. The van der Waals surface area contributed by atoms with Crippen LogP contribution >= 0.6 is 15.9 Å². The van der Waals surface area contributed by atoms with Crippen LogP contribution in [0.2, 0.25) is 0 Å². The van der Waals surface area contributed by atoms with Gasteiger partial charge in [-0.25, -0.2) is 0 Å². The number of ether oxygens (including phenoxy) is 2. The van der Waals surface area contributed by atoms with Gasteiger partial charge in [-0.3, -0.25) is 4.79 Å². The summed E-state index contributed by atoms with van der Waals surface area (Å²) in [6.45, 7) is 1.34. The molecule has 3 nitrogen and oxygen atoms in total. The van der Waals surface area contributed by atoms with Gasteiger partial charge in [0.1, 0.15) is 11.5 Å². The van der Waals surface area contributed by atoms with E-state index in [2.05, 4.69) is 22.0 Å². The van der Waals surface area contributed by atoms with Gasteiger partial charge in [-0.1, -0.05) is 0 Å². The third kappa shape index (κ3) is 2.01. The Bertz CT molecular complexity index is 518. The highest BCUT2D eigenvalue weighted by Crippen LogP contribution is 2.45. The highest BCUT2D eigenvalue weighted by Gasteiger charge is 2.45. The quantitative estimate of drug-likeness (QED) is 0.796. The number of carbonyl (C=O) groups is 1. The maximum absolute atomic E-state index is 12.5. The van der Waals surface area contributed by atoms with Gasteiger partial charge in [-0.2, -0.15) is 0 Å². The summed E-state index contributed by atoms with van der Waals surface area (Å²) in [5, 5.41) is 0. The highest BCUT2D eigenvalue weighted by molar-refractivity contribution is 9.10. The summed E-state index contributed by atoms with van der Waals surface area (Å²) in [6.07, 6.45) is 3.07. The number of fused-ring (bicyclic) bond motifs is 2. The normalized spacial score (nSPS) is 21.3. The summed E-state index contributed by atoms with van der Waals surface area (Å²) < 4.78 is 11.8. The van der Waals surface area contributed by atoms with Crippen molar-refractivity contribution in [3.05, 3.63) is 27.7 Å². The summed E-state index contributed by atoms with van der Waals surface area (Å²) in [5.41, 5.74) is 2.10. The van der Waals surface area contributed by atoms with Crippen molar-refractivity contribution < 1.29 is 14.3 Å². The number of benzene rings is 1. The van der Waals surface area contributed by atoms with Gasteiger partial charge in [0.2, 0.25) is 0 Å². The third-order valence-electron chi connectivity index (χ3n) is 4.39. The molecule has 1 heterocycles. The Balaban J connectivity index is 2.15. The molecule has 4 heteroatoms. The predicted molar refractivity (Wildman–Crippen MR) is 75.8 cm³/mol. The zero-order chi connectivity index (χ0) is 13.5. The van der Waals surface area contributed by atoms with E-state index < -0.39 is 0 Å². The molecule has 0 unspecified atom stereocenters. The Morgan fingerprint density at radius 2 is 2.00 bits per heavy atom. The second-order valence-corrected chi connectivity index (χ2v) is 6.12. The third-order valence-corrected chi connectivity index (χ3v) is 5.01. The van der Waals surface area contributed by atoms with E-state index in [4.69, 9.17) is 9.47 Å². The number of methoxy groups -OCH3 is 1. The van der Waals surface area contributed by atoms with Crippen LogP contribution in [0.5, 0.6) is 5.75 Å². The summed E-state index contributed by atoms with van der Waals surface area (Å²) >= 11 is 3.53. The maximum atomic E-state index is 12.5. The Hall–Kier alpha value is -0.870. The van der Waals surface area contributed by atoms with Crippen molar-refractivity contribution in [3.8, 4) is 5.75 Å². The molecule has 0 atom stereocenters. The fourth-order valence-electron chi connectivity index (χ4n) is 3.31. The van der Waals surface area contributed by atoms with E-state index in [0.29, 0.717) is 25.4 Å². The van der Waals surface area contributed by atoms with Gasteiger partial charge in [-0.05, 0) is 58.5 Å². The SMILES string of the molecule is COc1cc2c(cc1Br)CCC(=O)C21CCOCC1. The van der Waals surface area contributed by atoms with E-state index >= 15 is 0 Å². The second-order valence-electron chi connectivity index (χ2n) is 5.26. The van der Waals surface area contributed by atoms with E-state index in [-0.39, 0.29) is 5.41 Å². The number of carbonyl (C=O) groups excluding carboxylic acids is 1. The average molecular weight is 325 g/mol. The van der Waals surface area contributed by atoms with Crippen LogP contribution in [0.3, 0.4) is 0 Å². The van der Waals surface area contributed by atoms with Gasteiger partial charge < -0.3 is 9.47 Å². The van der Waals surface area contributed by atoms with Crippen LogP contribution in [0, 0.1) is 0 Å². The van der Waals surface area contributed by atoms with Crippen LogP contribution in [-0.4, -0.2) is 26.1 Å². The molecule has 1 aromatic carbocycles. The first kappa shape index (κ1) is 13.1. The van der Waals surface area contributed by atoms with E-state index in [1.165, 1.54) is 5.56 Å². The van der Waals surface area contributed by atoms with Crippen molar-refractivity contribution in [2.45, 2.75) is 31.1 Å². The molecule has 0 aromatic heterocycles. The zero-order valence-corrected chi connectivity index (χ0v) is 12.6. The van der Waals surface area contributed by atoms with Crippen molar-refractivity contribution in [1.29, 1.82) is 0 Å². The predicted octanol–water partition coefficient (Wildman–Crippen LogP) is 3.02.